The fourth-order valence-electron chi connectivity index (χ4n) is 4.41. The molecule has 2 aliphatic heterocycles. The van der Waals surface area contributed by atoms with Gasteiger partial charge in [0.05, 0.1) is 12.3 Å². The van der Waals surface area contributed by atoms with Gasteiger partial charge in [0.1, 0.15) is 17.2 Å². The Kier molecular flexibility index (Phi) is 3.85. The number of furan rings is 1. The highest BCUT2D eigenvalue weighted by atomic mass is 79.9. The summed E-state index contributed by atoms with van der Waals surface area (Å²) in [6, 6.07) is 10.5. The summed E-state index contributed by atoms with van der Waals surface area (Å²) in [6.45, 7) is 0. The Morgan fingerprint density at radius 2 is 2.00 bits per heavy atom. The smallest absolute Gasteiger partial charge is 0.190 e. The summed E-state index contributed by atoms with van der Waals surface area (Å²) in [5.41, 5.74) is 2.24. The molecule has 1 saturated carbocycles. The van der Waals surface area contributed by atoms with Crippen LogP contribution in [0.5, 0.6) is 5.75 Å². The zero-order chi connectivity index (χ0) is 16.8. The number of hydrogen-bond donors (Lipinski definition) is 0. The number of ether oxygens (including phenoxy) is 1. The van der Waals surface area contributed by atoms with E-state index in [1.165, 1.54) is 37.7 Å². The van der Waals surface area contributed by atoms with Gasteiger partial charge < -0.3 is 9.15 Å². The molecule has 0 amide bonds. The van der Waals surface area contributed by atoms with Gasteiger partial charge in [0.2, 0.25) is 0 Å². The second kappa shape index (κ2) is 6.20. The molecule has 0 saturated heterocycles. The minimum Gasteiger partial charge on any atom is -0.468 e. The average Bonchev–Trinajstić information content (AvgIpc) is 3.31. The van der Waals surface area contributed by atoms with E-state index in [0.717, 1.165) is 28.1 Å². The van der Waals surface area contributed by atoms with Crippen LogP contribution in [-0.2, 0) is 0 Å². The first kappa shape index (κ1) is 15.5. The summed E-state index contributed by atoms with van der Waals surface area (Å²) in [7, 11) is 0. The number of fused-ring (bicyclic) bond motifs is 3. The Labute approximate surface area is 156 Å². The van der Waals surface area contributed by atoms with Crippen LogP contribution in [0.3, 0.4) is 0 Å². The lowest BCUT2D eigenvalue weighted by Crippen LogP contribution is -2.45. The van der Waals surface area contributed by atoms with Crippen molar-refractivity contribution in [2.24, 2.45) is 11.0 Å². The third-order valence-electron chi connectivity index (χ3n) is 5.64. The first-order valence-corrected chi connectivity index (χ1v) is 9.95. The van der Waals surface area contributed by atoms with Crippen LogP contribution >= 0.6 is 15.9 Å². The summed E-state index contributed by atoms with van der Waals surface area (Å²) in [4.78, 5) is 0. The third kappa shape index (κ3) is 2.69. The van der Waals surface area contributed by atoms with Crippen molar-refractivity contribution in [1.82, 2.24) is 5.01 Å². The lowest BCUT2D eigenvalue weighted by Gasteiger charge is -2.42. The largest absolute Gasteiger partial charge is 0.468 e. The standard InChI is InChI=1S/C20H21BrN2O2/c21-14-8-9-18-15(11-14)17-12-16(19-7-4-10-24-19)22-23(17)20(25-18)13-5-2-1-3-6-13/h4,7-11,13,17,20H,1-3,5-6,12H2/t17-,20-/m1/s1. The first-order valence-electron chi connectivity index (χ1n) is 9.15. The normalized spacial score (nSPS) is 26.0. The van der Waals surface area contributed by atoms with Gasteiger partial charge in [-0.2, -0.15) is 5.10 Å². The second-order valence-corrected chi connectivity index (χ2v) is 8.13. The highest BCUT2D eigenvalue weighted by Crippen LogP contribution is 2.47. The van der Waals surface area contributed by atoms with E-state index < -0.39 is 0 Å². The van der Waals surface area contributed by atoms with Gasteiger partial charge in [-0.1, -0.05) is 35.2 Å². The van der Waals surface area contributed by atoms with Gasteiger partial charge in [0, 0.05) is 22.4 Å². The number of benzene rings is 1. The Bertz CT molecular complexity index is 796. The van der Waals surface area contributed by atoms with Crippen LogP contribution in [0, 0.1) is 5.92 Å². The number of hydrazone groups is 1. The summed E-state index contributed by atoms with van der Waals surface area (Å²) >= 11 is 3.60. The molecular weight excluding hydrogens is 380 g/mol. The van der Waals surface area contributed by atoms with E-state index in [9.17, 15) is 0 Å². The molecule has 4 nitrogen and oxygen atoms in total. The van der Waals surface area contributed by atoms with Crippen LogP contribution in [0.15, 0.2) is 50.6 Å². The van der Waals surface area contributed by atoms with E-state index in [-0.39, 0.29) is 12.3 Å². The summed E-state index contributed by atoms with van der Waals surface area (Å²) in [6.07, 6.45) is 9.01. The third-order valence-corrected chi connectivity index (χ3v) is 6.13. The van der Waals surface area contributed by atoms with Crippen LogP contribution in [-0.4, -0.2) is 16.9 Å². The molecule has 5 heteroatoms. The molecule has 1 fully saturated rings. The quantitative estimate of drug-likeness (QED) is 0.668. The van der Waals surface area contributed by atoms with Crippen LogP contribution in [0.25, 0.3) is 0 Å². The SMILES string of the molecule is Brc1ccc2c(c1)[C@H]1CC(c3ccco3)=NN1[C@@H](C1CCCCC1)O2. The van der Waals surface area contributed by atoms with E-state index in [4.69, 9.17) is 14.3 Å². The van der Waals surface area contributed by atoms with Gasteiger partial charge >= 0.3 is 0 Å². The van der Waals surface area contributed by atoms with Crippen molar-refractivity contribution in [3.05, 3.63) is 52.4 Å². The molecule has 0 unspecified atom stereocenters. The second-order valence-electron chi connectivity index (χ2n) is 7.21. The maximum Gasteiger partial charge on any atom is 0.190 e. The van der Waals surface area contributed by atoms with E-state index in [1.807, 2.05) is 12.1 Å². The van der Waals surface area contributed by atoms with Crippen LogP contribution in [0.2, 0.25) is 0 Å². The van der Waals surface area contributed by atoms with E-state index >= 15 is 0 Å². The van der Waals surface area contributed by atoms with Crippen molar-refractivity contribution < 1.29 is 9.15 Å². The van der Waals surface area contributed by atoms with Gasteiger partial charge in [-0.15, -0.1) is 0 Å². The molecular formula is C20H21BrN2O2. The Morgan fingerprint density at radius 3 is 2.80 bits per heavy atom. The number of rotatable bonds is 2. The highest BCUT2D eigenvalue weighted by molar-refractivity contribution is 9.10. The molecule has 2 atom stereocenters. The van der Waals surface area contributed by atoms with Crippen molar-refractivity contribution in [3.63, 3.8) is 0 Å². The molecule has 0 N–H and O–H groups in total. The fraction of sp³-hybridized carbons (Fsp3) is 0.450. The number of halogens is 1. The van der Waals surface area contributed by atoms with Gasteiger partial charge in [0.25, 0.3) is 0 Å². The van der Waals surface area contributed by atoms with E-state index in [2.05, 4.69) is 39.1 Å². The van der Waals surface area contributed by atoms with Crippen LogP contribution in [0.4, 0.5) is 0 Å². The van der Waals surface area contributed by atoms with Gasteiger partial charge in [-0.25, -0.2) is 5.01 Å². The molecule has 130 valence electrons. The van der Waals surface area contributed by atoms with Crippen LogP contribution in [0.1, 0.15) is 55.9 Å². The zero-order valence-corrected chi connectivity index (χ0v) is 15.6. The van der Waals surface area contributed by atoms with Crippen molar-refractivity contribution in [1.29, 1.82) is 0 Å². The number of nitrogens with zero attached hydrogens (tertiary/aromatic N) is 2. The van der Waals surface area contributed by atoms with Crippen LogP contribution < -0.4 is 4.74 Å². The Morgan fingerprint density at radius 1 is 1.12 bits per heavy atom. The molecule has 1 aromatic carbocycles. The lowest BCUT2D eigenvalue weighted by atomic mass is 9.86. The molecule has 0 radical (unpaired) electrons. The maximum absolute atomic E-state index is 6.47. The van der Waals surface area contributed by atoms with Crippen molar-refractivity contribution >= 4 is 21.6 Å². The van der Waals surface area contributed by atoms with E-state index in [0.29, 0.717) is 5.92 Å². The van der Waals surface area contributed by atoms with Crippen molar-refractivity contribution in [2.75, 3.05) is 0 Å². The number of hydrogen-bond acceptors (Lipinski definition) is 4. The molecule has 1 aromatic heterocycles. The topological polar surface area (TPSA) is 38.0 Å². The average molecular weight is 401 g/mol. The summed E-state index contributed by atoms with van der Waals surface area (Å²) in [5.74, 6) is 2.43. The van der Waals surface area contributed by atoms with Crippen molar-refractivity contribution in [2.45, 2.75) is 50.8 Å². The Hall–Kier alpha value is -1.75. The molecule has 0 bridgehead atoms. The first-order chi connectivity index (χ1) is 12.3. The molecule has 3 aliphatic rings. The molecule has 2 aromatic rings. The van der Waals surface area contributed by atoms with Gasteiger partial charge in [0.15, 0.2) is 6.23 Å². The molecule has 0 spiro atoms. The maximum atomic E-state index is 6.47. The summed E-state index contributed by atoms with van der Waals surface area (Å²) in [5, 5.41) is 7.16. The van der Waals surface area contributed by atoms with Crippen molar-refractivity contribution in [3.8, 4) is 5.75 Å². The highest BCUT2D eigenvalue weighted by Gasteiger charge is 2.44. The Balaban J connectivity index is 1.55. The predicted octanol–water partition coefficient (Wildman–Crippen LogP) is 5.49. The minimum atomic E-state index is 0.0337. The predicted molar refractivity (Wildman–Crippen MR) is 99.6 cm³/mol. The fourth-order valence-corrected chi connectivity index (χ4v) is 4.79. The van der Waals surface area contributed by atoms with Gasteiger partial charge in [-0.3, -0.25) is 0 Å². The molecule has 5 rings (SSSR count). The summed E-state index contributed by atoms with van der Waals surface area (Å²) < 4.78 is 13.2. The molecule has 1 aliphatic carbocycles. The van der Waals surface area contributed by atoms with Gasteiger partial charge in [-0.05, 0) is 43.2 Å². The lowest BCUT2D eigenvalue weighted by molar-refractivity contribution is -0.0644. The monoisotopic (exact) mass is 400 g/mol. The zero-order valence-electron chi connectivity index (χ0n) is 14.0. The van der Waals surface area contributed by atoms with E-state index in [1.54, 1.807) is 6.26 Å². The minimum absolute atomic E-state index is 0.0337. The molecule has 3 heterocycles. The molecule has 25 heavy (non-hydrogen) atoms.